The molecule has 1 aliphatic heterocycles. The molecular formula is C29H48O4. The Hall–Kier alpha value is -0.420. The van der Waals surface area contributed by atoms with Gasteiger partial charge in [0.15, 0.2) is 5.79 Å². The first kappa shape index (κ1) is 24.3. The van der Waals surface area contributed by atoms with Crippen LogP contribution in [-0.2, 0) is 4.74 Å². The molecule has 5 aliphatic rings. The van der Waals surface area contributed by atoms with Crippen LogP contribution in [0.5, 0.6) is 0 Å². The van der Waals surface area contributed by atoms with Gasteiger partial charge in [-0.2, -0.15) is 0 Å². The van der Waals surface area contributed by atoms with Crippen LogP contribution in [0.25, 0.3) is 0 Å². The Morgan fingerprint density at radius 1 is 1.00 bits per heavy atom. The van der Waals surface area contributed by atoms with Gasteiger partial charge in [-0.1, -0.05) is 60.1 Å². The van der Waals surface area contributed by atoms with Crippen LogP contribution in [0.3, 0.4) is 0 Å². The van der Waals surface area contributed by atoms with Crippen molar-refractivity contribution in [3.8, 4) is 0 Å². The summed E-state index contributed by atoms with van der Waals surface area (Å²) in [4.78, 5) is 0. The normalized spacial score (nSPS) is 55.3. The molecule has 3 saturated carbocycles. The summed E-state index contributed by atoms with van der Waals surface area (Å²) in [6.07, 6.45) is 6.33. The summed E-state index contributed by atoms with van der Waals surface area (Å²) in [5, 5.41) is 33.7. The van der Waals surface area contributed by atoms with E-state index in [0.717, 1.165) is 23.8 Å². The summed E-state index contributed by atoms with van der Waals surface area (Å²) < 4.78 is 6.56. The lowest BCUT2D eigenvalue weighted by molar-refractivity contribution is -0.362. The fourth-order valence-corrected chi connectivity index (χ4v) is 9.53. The van der Waals surface area contributed by atoms with Crippen LogP contribution in [0, 0.1) is 57.7 Å². The number of hydrogen-bond acceptors (Lipinski definition) is 4. The predicted molar refractivity (Wildman–Crippen MR) is 130 cm³/mol. The Kier molecular flexibility index (Phi) is 5.55. The van der Waals surface area contributed by atoms with Gasteiger partial charge in [0, 0.05) is 11.3 Å². The Labute approximate surface area is 201 Å². The van der Waals surface area contributed by atoms with Gasteiger partial charge in [0.25, 0.3) is 0 Å². The van der Waals surface area contributed by atoms with Crippen LogP contribution in [0.15, 0.2) is 11.6 Å². The first-order valence-corrected chi connectivity index (χ1v) is 13.7. The van der Waals surface area contributed by atoms with Crippen LogP contribution in [-0.4, -0.2) is 39.9 Å². The summed E-state index contributed by atoms with van der Waals surface area (Å²) in [6.45, 7) is 17.2. The van der Waals surface area contributed by atoms with Crippen molar-refractivity contribution in [1.29, 1.82) is 0 Å². The molecule has 0 aromatic rings. The molecule has 0 spiro atoms. The van der Waals surface area contributed by atoms with Gasteiger partial charge >= 0.3 is 0 Å². The van der Waals surface area contributed by atoms with Crippen LogP contribution in [0.2, 0.25) is 0 Å². The number of ether oxygens (including phenoxy) is 1. The number of fused-ring (bicyclic) bond motifs is 5. The van der Waals surface area contributed by atoms with Gasteiger partial charge < -0.3 is 20.1 Å². The highest BCUT2D eigenvalue weighted by molar-refractivity contribution is 5.31. The molecule has 12 atom stereocenters. The molecule has 0 amide bonds. The summed E-state index contributed by atoms with van der Waals surface area (Å²) in [5.74, 6) is 2.01. The van der Waals surface area contributed by atoms with E-state index in [9.17, 15) is 15.3 Å². The maximum atomic E-state index is 12.1. The summed E-state index contributed by atoms with van der Waals surface area (Å²) in [6, 6.07) is 0. The van der Waals surface area contributed by atoms with E-state index >= 15 is 0 Å². The lowest BCUT2D eigenvalue weighted by Crippen LogP contribution is -2.68. The number of aliphatic hydroxyl groups excluding tert-OH is 2. The zero-order chi connectivity index (χ0) is 24.1. The van der Waals surface area contributed by atoms with Gasteiger partial charge in [0.1, 0.15) is 0 Å². The van der Waals surface area contributed by atoms with Crippen molar-refractivity contribution >= 4 is 0 Å². The second-order valence-electron chi connectivity index (χ2n) is 13.9. The Morgan fingerprint density at radius 2 is 1.70 bits per heavy atom. The molecule has 0 radical (unpaired) electrons. The van der Waals surface area contributed by atoms with E-state index in [1.807, 2.05) is 6.08 Å². The quantitative estimate of drug-likeness (QED) is 0.507. The fourth-order valence-electron chi connectivity index (χ4n) is 9.53. The maximum Gasteiger partial charge on any atom is 0.180 e. The maximum absolute atomic E-state index is 12.1. The molecule has 188 valence electrons. The lowest BCUT2D eigenvalue weighted by atomic mass is 9.51. The van der Waals surface area contributed by atoms with Crippen molar-refractivity contribution in [2.75, 3.05) is 6.61 Å². The molecule has 4 nitrogen and oxygen atoms in total. The minimum atomic E-state index is -1.35. The number of hydrogen-bond donors (Lipinski definition) is 3. The number of aliphatic hydroxyl groups is 3. The van der Waals surface area contributed by atoms with E-state index < -0.39 is 17.3 Å². The standard InChI is InChI=1S/C29H48O4/c1-16(2)18(4)26(5)14-23(26)17(3)21-8-9-22-25-24(31)13-19-12-20(30)10-11-28(19,7)29(25,32)33-15-27(21,22)6/h13,16-18,20-25,30-32H,8-12,14-15H2,1-7H3/t17-,18+,20-,21+,22-,23+,24+,25+,26+,27+,28-,29-/m0/s1. The molecule has 3 N–H and O–H groups in total. The second-order valence-corrected chi connectivity index (χ2v) is 13.9. The van der Waals surface area contributed by atoms with Gasteiger partial charge in [-0.05, 0) is 84.9 Å². The van der Waals surface area contributed by atoms with E-state index in [4.69, 9.17) is 4.74 Å². The predicted octanol–water partition coefficient (Wildman–Crippen LogP) is 5.16. The highest BCUT2D eigenvalue weighted by Gasteiger charge is 2.70. The topological polar surface area (TPSA) is 69.9 Å². The summed E-state index contributed by atoms with van der Waals surface area (Å²) >= 11 is 0. The summed E-state index contributed by atoms with van der Waals surface area (Å²) in [7, 11) is 0. The fraction of sp³-hybridized carbons (Fsp3) is 0.931. The monoisotopic (exact) mass is 460 g/mol. The van der Waals surface area contributed by atoms with Gasteiger partial charge in [-0.15, -0.1) is 0 Å². The Morgan fingerprint density at radius 3 is 2.36 bits per heavy atom. The third kappa shape index (κ3) is 3.16. The minimum Gasteiger partial charge on any atom is -0.393 e. The third-order valence-electron chi connectivity index (χ3n) is 12.3. The largest absolute Gasteiger partial charge is 0.393 e. The van der Waals surface area contributed by atoms with E-state index in [1.165, 1.54) is 12.8 Å². The molecule has 4 aliphatic carbocycles. The van der Waals surface area contributed by atoms with E-state index in [-0.39, 0.29) is 23.4 Å². The van der Waals surface area contributed by atoms with Gasteiger partial charge in [0.05, 0.1) is 18.8 Å². The van der Waals surface area contributed by atoms with E-state index in [0.29, 0.717) is 49.0 Å². The van der Waals surface area contributed by atoms with Gasteiger partial charge in [-0.3, -0.25) is 0 Å². The first-order chi connectivity index (χ1) is 15.3. The molecule has 0 unspecified atom stereocenters. The minimum absolute atomic E-state index is 0.0161. The number of rotatable bonds is 4. The van der Waals surface area contributed by atoms with Crippen LogP contribution >= 0.6 is 0 Å². The van der Waals surface area contributed by atoms with Crippen molar-refractivity contribution < 1.29 is 20.1 Å². The van der Waals surface area contributed by atoms with E-state index in [2.05, 4.69) is 48.5 Å². The molecule has 1 heterocycles. The van der Waals surface area contributed by atoms with Gasteiger partial charge in [0.2, 0.25) is 0 Å². The second kappa shape index (κ2) is 7.54. The average molecular weight is 461 g/mol. The molecule has 0 aromatic carbocycles. The smallest absolute Gasteiger partial charge is 0.180 e. The molecule has 0 bridgehead atoms. The Bertz CT molecular complexity index is 822. The molecule has 4 heteroatoms. The molecule has 33 heavy (non-hydrogen) atoms. The Balaban J connectivity index is 1.42. The molecule has 4 fully saturated rings. The SMILES string of the molecule is CC(C)[C@@H](C)[C@@]1(C)C[C@@H]1[C@@H](C)[C@H]1CC[C@H]2[C@@H]3[C@H](O)C=C4C[C@@H](O)CC[C@]4(C)[C@@]3(O)OC[C@]12C. The van der Waals surface area contributed by atoms with Crippen molar-refractivity contribution in [3.63, 3.8) is 0 Å². The highest BCUT2D eigenvalue weighted by atomic mass is 16.6. The third-order valence-corrected chi connectivity index (χ3v) is 12.3. The zero-order valence-electron chi connectivity index (χ0n) is 22.0. The zero-order valence-corrected chi connectivity index (χ0v) is 22.0. The van der Waals surface area contributed by atoms with E-state index in [1.54, 1.807) is 0 Å². The van der Waals surface area contributed by atoms with Gasteiger partial charge in [-0.25, -0.2) is 0 Å². The summed E-state index contributed by atoms with van der Waals surface area (Å²) in [5.41, 5.74) is 0.882. The van der Waals surface area contributed by atoms with Crippen molar-refractivity contribution in [1.82, 2.24) is 0 Å². The first-order valence-electron chi connectivity index (χ1n) is 13.7. The molecule has 0 aromatic heterocycles. The van der Waals surface area contributed by atoms with Crippen molar-refractivity contribution in [2.24, 2.45) is 57.7 Å². The van der Waals surface area contributed by atoms with Crippen LogP contribution < -0.4 is 0 Å². The highest BCUT2D eigenvalue weighted by Crippen LogP contribution is 2.70. The molecule has 1 saturated heterocycles. The van der Waals surface area contributed by atoms with Crippen molar-refractivity contribution in [3.05, 3.63) is 11.6 Å². The van der Waals surface area contributed by atoms with Crippen LogP contribution in [0.1, 0.15) is 87.0 Å². The molecular weight excluding hydrogens is 412 g/mol. The molecule has 5 rings (SSSR count). The lowest BCUT2D eigenvalue weighted by Gasteiger charge is -2.62. The average Bonchev–Trinajstić information content (AvgIpc) is 3.32. The van der Waals surface area contributed by atoms with Crippen molar-refractivity contribution in [2.45, 2.75) is 105 Å². The van der Waals surface area contributed by atoms with Crippen LogP contribution in [0.4, 0.5) is 0 Å².